The topological polar surface area (TPSA) is 80.3 Å². The molecule has 4 rings (SSSR count). The monoisotopic (exact) mass is 425 g/mol. The maximum atomic E-state index is 12.9. The summed E-state index contributed by atoms with van der Waals surface area (Å²) in [6.45, 7) is 0.567. The first kappa shape index (κ1) is 20.3. The molecule has 5 nitrogen and oxygen atoms in total. The number of carbonyl (C=O) groups excluding carboxylic acids is 1. The van der Waals surface area contributed by atoms with Crippen LogP contribution in [0, 0.1) is 0 Å². The number of fused-ring (bicyclic) bond motifs is 1. The number of anilines is 3. The zero-order valence-corrected chi connectivity index (χ0v) is 16.2. The summed E-state index contributed by atoms with van der Waals surface area (Å²) in [4.78, 5) is 12.5. The maximum absolute atomic E-state index is 12.9. The lowest BCUT2D eigenvalue weighted by atomic mass is 10.2. The molecule has 0 aliphatic rings. The van der Waals surface area contributed by atoms with Gasteiger partial charge in [0.25, 0.3) is 5.91 Å². The Morgan fingerprint density at radius 2 is 1.74 bits per heavy atom. The van der Waals surface area contributed by atoms with Crippen LogP contribution < -0.4 is 16.4 Å². The van der Waals surface area contributed by atoms with E-state index in [0.29, 0.717) is 23.2 Å². The summed E-state index contributed by atoms with van der Waals surface area (Å²) in [6.07, 6.45) is -4.49. The lowest BCUT2D eigenvalue weighted by Crippen LogP contribution is -2.12. The summed E-state index contributed by atoms with van der Waals surface area (Å²) in [5, 5.41) is 6.40. The molecule has 0 aliphatic carbocycles. The van der Waals surface area contributed by atoms with Gasteiger partial charge in [-0.1, -0.05) is 18.2 Å². The van der Waals surface area contributed by atoms with E-state index in [1.54, 1.807) is 12.1 Å². The number of amides is 1. The average molecular weight is 425 g/mol. The molecule has 31 heavy (non-hydrogen) atoms. The first-order valence-electron chi connectivity index (χ1n) is 9.38. The van der Waals surface area contributed by atoms with Crippen molar-refractivity contribution >= 4 is 33.9 Å². The van der Waals surface area contributed by atoms with E-state index in [2.05, 4.69) is 10.6 Å². The molecule has 1 aromatic heterocycles. The van der Waals surface area contributed by atoms with E-state index in [-0.39, 0.29) is 11.4 Å². The third-order valence-corrected chi connectivity index (χ3v) is 4.64. The van der Waals surface area contributed by atoms with Crippen LogP contribution in [0.5, 0.6) is 0 Å². The van der Waals surface area contributed by atoms with Gasteiger partial charge in [-0.05, 0) is 60.2 Å². The van der Waals surface area contributed by atoms with E-state index in [9.17, 15) is 18.0 Å². The third kappa shape index (κ3) is 4.80. The van der Waals surface area contributed by atoms with Crippen molar-refractivity contribution < 1.29 is 22.4 Å². The predicted molar refractivity (Wildman–Crippen MR) is 114 cm³/mol. The van der Waals surface area contributed by atoms with E-state index >= 15 is 0 Å². The molecular formula is C23H18F3N3O2. The van der Waals surface area contributed by atoms with Crippen LogP contribution in [0.4, 0.5) is 30.2 Å². The summed E-state index contributed by atoms with van der Waals surface area (Å²) in [7, 11) is 0. The minimum Gasteiger partial charge on any atom is -0.451 e. The normalized spacial score (nSPS) is 11.5. The smallest absolute Gasteiger partial charge is 0.416 e. The Balaban J connectivity index is 1.48. The van der Waals surface area contributed by atoms with Crippen LogP contribution in [0.2, 0.25) is 0 Å². The highest BCUT2D eigenvalue weighted by molar-refractivity contribution is 6.04. The first-order chi connectivity index (χ1) is 14.8. The van der Waals surface area contributed by atoms with Crippen LogP contribution >= 0.6 is 0 Å². The molecular weight excluding hydrogens is 407 g/mol. The number of halogens is 3. The molecule has 8 heteroatoms. The second-order valence-electron chi connectivity index (χ2n) is 6.99. The van der Waals surface area contributed by atoms with Gasteiger partial charge in [0, 0.05) is 29.0 Å². The first-order valence-corrected chi connectivity index (χ1v) is 9.38. The van der Waals surface area contributed by atoms with Gasteiger partial charge in [-0.25, -0.2) is 0 Å². The van der Waals surface area contributed by atoms with Crippen molar-refractivity contribution in [3.05, 3.63) is 89.7 Å². The second-order valence-corrected chi connectivity index (χ2v) is 6.99. The standard InChI is InChI=1S/C23H18F3N3O2/c24-23(25,26)16-4-2-6-19(12-16)29-22(30)21-11-15-10-18(7-8-20(15)31-21)28-13-14-3-1-5-17(27)9-14/h1-12,28H,13,27H2,(H,29,30). The molecule has 4 aromatic rings. The Morgan fingerprint density at radius 1 is 0.935 bits per heavy atom. The van der Waals surface area contributed by atoms with E-state index in [0.717, 1.165) is 23.4 Å². The number of furan rings is 1. The molecule has 4 N–H and O–H groups in total. The Kier molecular flexibility index (Phi) is 5.29. The lowest BCUT2D eigenvalue weighted by Gasteiger charge is -2.09. The van der Waals surface area contributed by atoms with Gasteiger partial charge in [-0.3, -0.25) is 4.79 Å². The Bertz CT molecular complexity index is 1250. The zero-order chi connectivity index (χ0) is 22.0. The van der Waals surface area contributed by atoms with Crippen molar-refractivity contribution in [1.29, 1.82) is 0 Å². The predicted octanol–water partition coefficient (Wildman–Crippen LogP) is 5.90. The molecule has 3 aromatic carbocycles. The van der Waals surface area contributed by atoms with Crippen LogP contribution in [0.25, 0.3) is 11.0 Å². The van der Waals surface area contributed by atoms with Gasteiger partial charge in [0.05, 0.1) is 5.56 Å². The molecule has 0 spiro atoms. The lowest BCUT2D eigenvalue weighted by molar-refractivity contribution is -0.137. The van der Waals surface area contributed by atoms with Crippen molar-refractivity contribution in [3.63, 3.8) is 0 Å². The van der Waals surface area contributed by atoms with E-state index in [4.69, 9.17) is 10.2 Å². The number of carbonyl (C=O) groups is 1. The zero-order valence-electron chi connectivity index (χ0n) is 16.2. The number of rotatable bonds is 5. The van der Waals surface area contributed by atoms with Crippen molar-refractivity contribution in [1.82, 2.24) is 0 Å². The Hall–Kier alpha value is -3.94. The summed E-state index contributed by atoms with van der Waals surface area (Å²) >= 11 is 0. The molecule has 1 heterocycles. The van der Waals surface area contributed by atoms with Gasteiger partial charge in [0.2, 0.25) is 0 Å². The van der Waals surface area contributed by atoms with Gasteiger partial charge >= 0.3 is 6.18 Å². The number of nitrogens with one attached hydrogen (secondary N) is 2. The third-order valence-electron chi connectivity index (χ3n) is 4.64. The van der Waals surface area contributed by atoms with Gasteiger partial charge in [0.1, 0.15) is 5.58 Å². The fourth-order valence-electron chi connectivity index (χ4n) is 3.14. The molecule has 0 fully saturated rings. The van der Waals surface area contributed by atoms with Gasteiger partial charge in [-0.15, -0.1) is 0 Å². The van der Waals surface area contributed by atoms with Crippen LogP contribution in [-0.4, -0.2) is 5.91 Å². The van der Waals surface area contributed by atoms with Crippen molar-refractivity contribution in [2.75, 3.05) is 16.4 Å². The molecule has 0 atom stereocenters. The molecule has 0 unspecified atom stereocenters. The van der Waals surface area contributed by atoms with E-state index in [1.807, 2.05) is 36.4 Å². The maximum Gasteiger partial charge on any atom is 0.416 e. The summed E-state index contributed by atoms with van der Waals surface area (Å²) in [5.74, 6) is -0.634. The van der Waals surface area contributed by atoms with Crippen LogP contribution in [-0.2, 0) is 12.7 Å². The van der Waals surface area contributed by atoms with Crippen LogP contribution in [0.1, 0.15) is 21.7 Å². The van der Waals surface area contributed by atoms with Gasteiger partial charge < -0.3 is 20.8 Å². The quantitative estimate of drug-likeness (QED) is 0.348. The molecule has 1 amide bonds. The highest BCUT2D eigenvalue weighted by atomic mass is 19.4. The van der Waals surface area contributed by atoms with Gasteiger partial charge in [0.15, 0.2) is 5.76 Å². The number of hydrogen-bond acceptors (Lipinski definition) is 4. The van der Waals surface area contributed by atoms with Crippen molar-refractivity contribution in [2.24, 2.45) is 0 Å². The van der Waals surface area contributed by atoms with E-state index < -0.39 is 17.6 Å². The molecule has 0 aliphatic heterocycles. The van der Waals surface area contributed by atoms with E-state index in [1.165, 1.54) is 12.1 Å². The molecule has 158 valence electrons. The SMILES string of the molecule is Nc1cccc(CNc2ccc3oc(C(=O)Nc4cccc(C(F)(F)F)c4)cc3c2)c1. The fraction of sp³-hybridized carbons (Fsp3) is 0.0870. The van der Waals surface area contributed by atoms with Crippen LogP contribution in [0.15, 0.2) is 77.2 Å². The van der Waals surface area contributed by atoms with Crippen molar-refractivity contribution in [3.8, 4) is 0 Å². The Labute approximate surface area is 175 Å². The molecule has 0 saturated carbocycles. The summed E-state index contributed by atoms with van der Waals surface area (Å²) in [5.41, 5.74) is 7.99. The average Bonchev–Trinajstić information content (AvgIpc) is 3.15. The Morgan fingerprint density at radius 3 is 2.52 bits per heavy atom. The highest BCUT2D eigenvalue weighted by Gasteiger charge is 2.30. The molecule has 0 bridgehead atoms. The number of alkyl halides is 3. The molecule has 0 radical (unpaired) electrons. The minimum atomic E-state index is -4.49. The largest absolute Gasteiger partial charge is 0.451 e. The second kappa shape index (κ2) is 8.06. The number of nitrogen functional groups attached to an aromatic ring is 1. The highest BCUT2D eigenvalue weighted by Crippen LogP contribution is 2.31. The number of benzene rings is 3. The van der Waals surface area contributed by atoms with Crippen molar-refractivity contribution in [2.45, 2.75) is 12.7 Å². The van der Waals surface area contributed by atoms with Gasteiger partial charge in [-0.2, -0.15) is 13.2 Å². The number of nitrogens with two attached hydrogens (primary N) is 1. The fourth-order valence-corrected chi connectivity index (χ4v) is 3.14. The van der Waals surface area contributed by atoms with Crippen LogP contribution in [0.3, 0.4) is 0 Å². The summed E-state index contributed by atoms with van der Waals surface area (Å²) < 4.78 is 44.1. The minimum absolute atomic E-state index is 0.000365. The summed E-state index contributed by atoms with van der Waals surface area (Å²) in [6, 6.07) is 18.8. The number of hydrogen-bond donors (Lipinski definition) is 3. The molecule has 0 saturated heterocycles.